The Balaban J connectivity index is 0.00000264. The average Bonchev–Trinajstić information content (AvgIpc) is 2.53. The molecule has 1 fully saturated rings. The summed E-state index contributed by atoms with van der Waals surface area (Å²) in [6, 6.07) is 7.63. The van der Waals surface area contributed by atoms with Gasteiger partial charge in [-0.3, -0.25) is 9.69 Å². The van der Waals surface area contributed by atoms with Gasteiger partial charge in [0.05, 0.1) is 6.61 Å². The minimum atomic E-state index is -0.991. The summed E-state index contributed by atoms with van der Waals surface area (Å²) in [5, 5.41) is 0. The summed E-state index contributed by atoms with van der Waals surface area (Å²) in [6.45, 7) is 6.58. The number of benzene rings is 1. The van der Waals surface area contributed by atoms with Crippen LogP contribution in [0.3, 0.4) is 0 Å². The van der Waals surface area contributed by atoms with Crippen molar-refractivity contribution in [3.05, 3.63) is 34.3 Å². The molecule has 0 spiro atoms. The monoisotopic (exact) mass is 441 g/mol. The van der Waals surface area contributed by atoms with E-state index >= 15 is 0 Å². The summed E-state index contributed by atoms with van der Waals surface area (Å²) < 4.78 is 6.07. The van der Waals surface area contributed by atoms with E-state index in [1.54, 1.807) is 14.0 Å². The quantitative estimate of drug-likeness (QED) is 0.759. The molecule has 1 amide bonds. The van der Waals surface area contributed by atoms with Gasteiger partial charge in [-0.1, -0.05) is 28.1 Å². The summed E-state index contributed by atoms with van der Waals surface area (Å²) in [6.07, 6.45) is 0. The van der Waals surface area contributed by atoms with Gasteiger partial charge in [-0.2, -0.15) is 0 Å². The number of carbonyl (C=O) groups is 1. The normalized spacial score (nSPS) is 17.4. The topological polar surface area (TPSA) is 58.8 Å². The second-order valence-electron chi connectivity index (χ2n) is 5.84. The van der Waals surface area contributed by atoms with Crippen molar-refractivity contribution in [2.45, 2.75) is 12.5 Å². The first kappa shape index (κ1) is 23.6. The molecule has 8 heteroatoms. The van der Waals surface area contributed by atoms with E-state index in [2.05, 4.69) is 20.8 Å². The Morgan fingerprint density at radius 1 is 1.21 bits per heavy atom. The van der Waals surface area contributed by atoms with Gasteiger partial charge in [-0.25, -0.2) is 0 Å². The molecule has 1 aromatic carbocycles. The van der Waals surface area contributed by atoms with Gasteiger partial charge >= 0.3 is 0 Å². The number of halogens is 3. The fourth-order valence-electron chi connectivity index (χ4n) is 2.64. The molecule has 1 heterocycles. The lowest BCUT2D eigenvalue weighted by molar-refractivity contribution is -0.138. The van der Waals surface area contributed by atoms with E-state index in [1.165, 1.54) is 0 Å². The van der Waals surface area contributed by atoms with Crippen molar-refractivity contribution in [3.63, 3.8) is 0 Å². The van der Waals surface area contributed by atoms with Crippen LogP contribution in [-0.4, -0.2) is 62.1 Å². The molecular weight excluding hydrogens is 417 g/mol. The lowest BCUT2D eigenvalue weighted by atomic mass is 9.91. The maximum atomic E-state index is 12.8. The highest BCUT2D eigenvalue weighted by atomic mass is 79.9. The number of ether oxygens (including phenoxy) is 1. The van der Waals surface area contributed by atoms with E-state index in [0.29, 0.717) is 13.1 Å². The van der Waals surface area contributed by atoms with Gasteiger partial charge < -0.3 is 15.4 Å². The molecule has 1 saturated heterocycles. The minimum absolute atomic E-state index is 0. The molecule has 0 bridgehead atoms. The average molecular weight is 443 g/mol. The van der Waals surface area contributed by atoms with Gasteiger partial charge in [0, 0.05) is 44.3 Å². The van der Waals surface area contributed by atoms with Gasteiger partial charge in [-0.05, 0) is 24.6 Å². The third-order valence-electron chi connectivity index (χ3n) is 4.16. The van der Waals surface area contributed by atoms with Crippen LogP contribution in [0.5, 0.6) is 0 Å². The van der Waals surface area contributed by atoms with Crippen molar-refractivity contribution in [1.82, 2.24) is 9.80 Å². The van der Waals surface area contributed by atoms with E-state index in [0.717, 1.165) is 36.3 Å². The molecule has 0 saturated carbocycles. The van der Waals surface area contributed by atoms with Crippen molar-refractivity contribution in [1.29, 1.82) is 0 Å². The standard InChI is InChI=1S/C16H24BrN3O2.2ClH/c1-16(18,13-3-5-14(17)6-4-13)15(21)20-9-7-19(8-10-20)11-12-22-2;;/h3-6H,7-12,18H2,1-2H3;2*1H. The molecule has 1 aromatic rings. The van der Waals surface area contributed by atoms with Gasteiger partial charge in [0.25, 0.3) is 0 Å². The number of nitrogens with two attached hydrogens (primary N) is 1. The molecule has 0 radical (unpaired) electrons. The molecule has 2 N–H and O–H groups in total. The van der Waals surface area contributed by atoms with Crippen LogP contribution in [0.4, 0.5) is 0 Å². The fraction of sp³-hybridized carbons (Fsp3) is 0.562. The second kappa shape index (κ2) is 10.6. The van der Waals surface area contributed by atoms with Gasteiger partial charge in [-0.15, -0.1) is 24.8 Å². The second-order valence-corrected chi connectivity index (χ2v) is 6.75. The first-order valence-corrected chi connectivity index (χ1v) is 8.30. The number of hydrogen-bond acceptors (Lipinski definition) is 4. The number of hydrogen-bond donors (Lipinski definition) is 1. The van der Waals surface area contributed by atoms with Crippen LogP contribution in [-0.2, 0) is 15.1 Å². The van der Waals surface area contributed by atoms with Crippen LogP contribution < -0.4 is 5.73 Å². The molecule has 2 rings (SSSR count). The van der Waals surface area contributed by atoms with Crippen molar-refractivity contribution in [2.75, 3.05) is 46.4 Å². The third kappa shape index (κ3) is 5.86. The first-order valence-electron chi connectivity index (χ1n) is 7.50. The summed E-state index contributed by atoms with van der Waals surface area (Å²) in [5.74, 6) is -0.0128. The van der Waals surface area contributed by atoms with Crippen molar-refractivity contribution in [2.24, 2.45) is 5.73 Å². The lowest BCUT2D eigenvalue weighted by Crippen LogP contribution is -2.57. The van der Waals surface area contributed by atoms with Gasteiger partial charge in [0.15, 0.2) is 0 Å². The number of piperazine rings is 1. The molecular formula is C16H26BrCl2N3O2. The molecule has 1 unspecified atom stereocenters. The number of nitrogens with zero attached hydrogens (tertiary/aromatic N) is 2. The Bertz CT molecular complexity index is 507. The van der Waals surface area contributed by atoms with Crippen LogP contribution >= 0.6 is 40.7 Å². The summed E-state index contributed by atoms with van der Waals surface area (Å²) >= 11 is 3.40. The molecule has 1 aliphatic rings. The lowest BCUT2D eigenvalue weighted by Gasteiger charge is -2.38. The first-order chi connectivity index (χ1) is 10.4. The van der Waals surface area contributed by atoms with E-state index in [-0.39, 0.29) is 30.7 Å². The predicted octanol–water partition coefficient (Wildman–Crippen LogP) is 2.26. The van der Waals surface area contributed by atoms with Crippen LogP contribution in [0.2, 0.25) is 0 Å². The molecule has 24 heavy (non-hydrogen) atoms. The molecule has 0 aliphatic carbocycles. The van der Waals surface area contributed by atoms with E-state index in [9.17, 15) is 4.79 Å². The summed E-state index contributed by atoms with van der Waals surface area (Å²) in [5.41, 5.74) is 6.18. The number of rotatable bonds is 5. The van der Waals surface area contributed by atoms with Crippen LogP contribution in [0, 0.1) is 0 Å². The maximum absolute atomic E-state index is 12.8. The van der Waals surface area contributed by atoms with E-state index in [4.69, 9.17) is 10.5 Å². The van der Waals surface area contributed by atoms with Crippen LogP contribution in [0.15, 0.2) is 28.7 Å². The summed E-state index contributed by atoms with van der Waals surface area (Å²) in [4.78, 5) is 16.9. The Hall–Kier alpha value is -0.370. The minimum Gasteiger partial charge on any atom is -0.383 e. The SMILES string of the molecule is COCCN1CCN(C(=O)C(C)(N)c2ccc(Br)cc2)CC1.Cl.Cl. The zero-order valence-electron chi connectivity index (χ0n) is 14.0. The Morgan fingerprint density at radius 2 is 1.75 bits per heavy atom. The smallest absolute Gasteiger partial charge is 0.247 e. The fourth-order valence-corrected chi connectivity index (χ4v) is 2.91. The Morgan fingerprint density at radius 3 is 2.25 bits per heavy atom. The molecule has 1 aliphatic heterocycles. The molecule has 5 nitrogen and oxygen atoms in total. The van der Waals surface area contributed by atoms with E-state index in [1.807, 2.05) is 29.2 Å². The molecule has 1 atom stereocenters. The summed E-state index contributed by atoms with van der Waals surface area (Å²) in [7, 11) is 1.71. The van der Waals surface area contributed by atoms with Crippen LogP contribution in [0.1, 0.15) is 12.5 Å². The zero-order chi connectivity index (χ0) is 16.2. The highest BCUT2D eigenvalue weighted by Gasteiger charge is 2.35. The highest BCUT2D eigenvalue weighted by molar-refractivity contribution is 9.10. The number of amides is 1. The van der Waals surface area contributed by atoms with Gasteiger partial charge in [0.1, 0.15) is 5.54 Å². The van der Waals surface area contributed by atoms with E-state index < -0.39 is 5.54 Å². The van der Waals surface area contributed by atoms with Crippen molar-refractivity contribution >= 4 is 46.7 Å². The van der Waals surface area contributed by atoms with Gasteiger partial charge in [0.2, 0.25) is 5.91 Å². The van der Waals surface area contributed by atoms with Crippen molar-refractivity contribution < 1.29 is 9.53 Å². The number of methoxy groups -OCH3 is 1. The Kier molecular flexibility index (Phi) is 10.4. The Labute approximate surface area is 164 Å². The largest absolute Gasteiger partial charge is 0.383 e. The number of carbonyl (C=O) groups excluding carboxylic acids is 1. The molecule has 0 aromatic heterocycles. The van der Waals surface area contributed by atoms with Crippen LogP contribution in [0.25, 0.3) is 0 Å². The maximum Gasteiger partial charge on any atom is 0.247 e. The highest BCUT2D eigenvalue weighted by Crippen LogP contribution is 2.23. The molecule has 138 valence electrons. The predicted molar refractivity (Wildman–Crippen MR) is 105 cm³/mol. The van der Waals surface area contributed by atoms with Crippen molar-refractivity contribution in [3.8, 4) is 0 Å². The zero-order valence-corrected chi connectivity index (χ0v) is 17.3. The third-order valence-corrected chi connectivity index (χ3v) is 4.69.